The molecule has 2 heteroatoms. The third kappa shape index (κ3) is 2.38. The molecule has 0 aromatic heterocycles. The van der Waals surface area contributed by atoms with Crippen molar-refractivity contribution >= 4 is 10.8 Å². The van der Waals surface area contributed by atoms with E-state index in [1.165, 1.54) is 16.3 Å². The van der Waals surface area contributed by atoms with Gasteiger partial charge in [-0.3, -0.25) is 0 Å². The number of fused-ring (bicyclic) bond motifs is 1. The van der Waals surface area contributed by atoms with Gasteiger partial charge in [-0.2, -0.15) is 0 Å². The molecule has 0 saturated heterocycles. The van der Waals surface area contributed by atoms with Gasteiger partial charge in [0.15, 0.2) is 0 Å². The number of nitrogens with two attached hydrogens (primary N) is 1. The second kappa shape index (κ2) is 5.72. The van der Waals surface area contributed by atoms with Crippen molar-refractivity contribution in [2.24, 2.45) is 5.73 Å². The molecule has 1 unspecified atom stereocenters. The van der Waals surface area contributed by atoms with E-state index < -0.39 is 0 Å². The van der Waals surface area contributed by atoms with E-state index in [1.54, 1.807) is 7.11 Å². The van der Waals surface area contributed by atoms with Crippen molar-refractivity contribution in [3.8, 4) is 0 Å². The van der Waals surface area contributed by atoms with Crippen molar-refractivity contribution in [2.45, 2.75) is 38.3 Å². The zero-order valence-electron chi connectivity index (χ0n) is 12.0. The van der Waals surface area contributed by atoms with Gasteiger partial charge in [0.1, 0.15) is 0 Å². The number of ether oxygens (including phenoxy) is 1. The predicted octanol–water partition coefficient (Wildman–Crippen LogP) is 4.04. The molecule has 0 spiro atoms. The Morgan fingerprint density at radius 2 is 1.68 bits per heavy atom. The van der Waals surface area contributed by atoms with Crippen molar-refractivity contribution in [1.82, 2.24) is 0 Å². The van der Waals surface area contributed by atoms with Crippen LogP contribution in [0.15, 0.2) is 42.5 Å². The summed E-state index contributed by atoms with van der Waals surface area (Å²) < 4.78 is 5.78. The molecule has 0 saturated carbocycles. The van der Waals surface area contributed by atoms with Crippen LogP contribution < -0.4 is 5.73 Å². The maximum atomic E-state index is 6.55. The summed E-state index contributed by atoms with van der Waals surface area (Å²) in [4.78, 5) is 0. The van der Waals surface area contributed by atoms with Crippen LogP contribution in [0.5, 0.6) is 0 Å². The Morgan fingerprint density at radius 3 is 2.32 bits per heavy atom. The minimum atomic E-state index is -0.288. The van der Waals surface area contributed by atoms with E-state index in [9.17, 15) is 0 Å². The highest BCUT2D eigenvalue weighted by Gasteiger charge is 2.34. The Balaban J connectivity index is 2.55. The normalized spacial score (nSPS) is 13.7. The lowest BCUT2D eigenvalue weighted by Gasteiger charge is -2.37. The van der Waals surface area contributed by atoms with Crippen LogP contribution >= 0.6 is 0 Å². The largest absolute Gasteiger partial charge is 0.376 e. The number of rotatable bonds is 5. The summed E-state index contributed by atoms with van der Waals surface area (Å²) in [5, 5.41) is 2.45. The first-order valence-electron chi connectivity index (χ1n) is 6.97. The summed E-state index contributed by atoms with van der Waals surface area (Å²) in [6.45, 7) is 4.27. The Bertz CT molecular complexity index is 532. The predicted molar refractivity (Wildman–Crippen MR) is 81.2 cm³/mol. The van der Waals surface area contributed by atoms with Gasteiger partial charge in [0.05, 0.1) is 11.6 Å². The van der Waals surface area contributed by atoms with Crippen LogP contribution in [0.3, 0.4) is 0 Å². The van der Waals surface area contributed by atoms with Gasteiger partial charge in [-0.25, -0.2) is 0 Å². The third-order valence-corrected chi connectivity index (χ3v) is 4.33. The maximum Gasteiger partial charge on any atom is 0.0865 e. The molecule has 0 aliphatic heterocycles. The minimum absolute atomic E-state index is 0.112. The molecule has 2 rings (SSSR count). The zero-order chi connectivity index (χ0) is 13.9. The molecule has 0 aliphatic carbocycles. The Hall–Kier alpha value is -1.38. The van der Waals surface area contributed by atoms with Gasteiger partial charge in [-0.05, 0) is 29.2 Å². The van der Waals surface area contributed by atoms with Crippen LogP contribution in [0, 0.1) is 0 Å². The van der Waals surface area contributed by atoms with Gasteiger partial charge in [0.2, 0.25) is 0 Å². The second-order valence-electron chi connectivity index (χ2n) is 5.02. The van der Waals surface area contributed by atoms with Crippen LogP contribution in [0.1, 0.15) is 38.3 Å². The molecule has 19 heavy (non-hydrogen) atoms. The topological polar surface area (TPSA) is 35.2 Å². The highest BCUT2D eigenvalue weighted by molar-refractivity contribution is 5.86. The SMILES string of the molecule is CCC(CC)(OC)C(N)c1cccc2ccccc12. The monoisotopic (exact) mass is 257 g/mol. The van der Waals surface area contributed by atoms with E-state index in [0.717, 1.165) is 12.8 Å². The first-order chi connectivity index (χ1) is 9.18. The number of hydrogen-bond acceptors (Lipinski definition) is 2. The lowest BCUT2D eigenvalue weighted by molar-refractivity contribution is -0.0382. The lowest BCUT2D eigenvalue weighted by atomic mass is 9.82. The van der Waals surface area contributed by atoms with Gasteiger partial charge in [-0.1, -0.05) is 56.3 Å². The van der Waals surface area contributed by atoms with Gasteiger partial charge < -0.3 is 10.5 Å². The fraction of sp³-hybridized carbons (Fsp3) is 0.412. The molecule has 102 valence electrons. The van der Waals surface area contributed by atoms with Crippen LogP contribution in [0.4, 0.5) is 0 Å². The fourth-order valence-corrected chi connectivity index (χ4v) is 2.91. The molecule has 2 aromatic rings. The molecule has 0 radical (unpaired) electrons. The highest BCUT2D eigenvalue weighted by atomic mass is 16.5. The zero-order valence-corrected chi connectivity index (χ0v) is 12.0. The van der Waals surface area contributed by atoms with E-state index in [2.05, 4.69) is 56.3 Å². The van der Waals surface area contributed by atoms with E-state index >= 15 is 0 Å². The maximum absolute atomic E-state index is 6.55. The average Bonchev–Trinajstić information content (AvgIpc) is 2.49. The Kier molecular flexibility index (Phi) is 4.23. The fourth-order valence-electron chi connectivity index (χ4n) is 2.91. The van der Waals surface area contributed by atoms with Gasteiger partial charge >= 0.3 is 0 Å². The van der Waals surface area contributed by atoms with Crippen molar-refractivity contribution in [3.63, 3.8) is 0 Å². The van der Waals surface area contributed by atoms with Crippen LogP contribution in [0.25, 0.3) is 10.8 Å². The van der Waals surface area contributed by atoms with E-state index in [4.69, 9.17) is 10.5 Å². The molecule has 0 aliphatic rings. The smallest absolute Gasteiger partial charge is 0.0865 e. The Labute approximate surface area is 115 Å². The average molecular weight is 257 g/mol. The number of benzene rings is 2. The molecule has 2 N–H and O–H groups in total. The molecule has 0 bridgehead atoms. The number of methoxy groups -OCH3 is 1. The highest BCUT2D eigenvalue weighted by Crippen LogP contribution is 2.36. The lowest BCUT2D eigenvalue weighted by Crippen LogP contribution is -2.42. The van der Waals surface area contributed by atoms with Crippen molar-refractivity contribution in [1.29, 1.82) is 0 Å². The Morgan fingerprint density at radius 1 is 1.05 bits per heavy atom. The molecular formula is C17H23NO. The molecular weight excluding hydrogens is 234 g/mol. The summed E-state index contributed by atoms with van der Waals surface area (Å²) in [6, 6.07) is 14.6. The molecule has 0 heterocycles. The van der Waals surface area contributed by atoms with Crippen LogP contribution in [-0.4, -0.2) is 12.7 Å². The second-order valence-corrected chi connectivity index (χ2v) is 5.02. The molecule has 0 amide bonds. The van der Waals surface area contributed by atoms with Gasteiger partial charge in [0.25, 0.3) is 0 Å². The van der Waals surface area contributed by atoms with Gasteiger partial charge in [-0.15, -0.1) is 0 Å². The summed E-state index contributed by atoms with van der Waals surface area (Å²) in [6.07, 6.45) is 1.81. The van der Waals surface area contributed by atoms with Crippen LogP contribution in [-0.2, 0) is 4.74 Å². The summed E-state index contributed by atoms with van der Waals surface area (Å²) in [5.74, 6) is 0. The summed E-state index contributed by atoms with van der Waals surface area (Å²) >= 11 is 0. The van der Waals surface area contributed by atoms with Crippen molar-refractivity contribution in [3.05, 3.63) is 48.0 Å². The van der Waals surface area contributed by atoms with Crippen molar-refractivity contribution < 1.29 is 4.74 Å². The molecule has 0 fully saturated rings. The first kappa shape index (κ1) is 14.0. The molecule has 2 nitrogen and oxygen atoms in total. The summed E-state index contributed by atoms with van der Waals surface area (Å²) in [5.41, 5.74) is 7.43. The molecule has 1 atom stereocenters. The van der Waals surface area contributed by atoms with Crippen LogP contribution in [0.2, 0.25) is 0 Å². The molecule has 2 aromatic carbocycles. The third-order valence-electron chi connectivity index (χ3n) is 4.33. The first-order valence-corrected chi connectivity index (χ1v) is 6.97. The standard InChI is InChI=1S/C17H23NO/c1-4-17(5-2,19-3)16(18)15-12-8-10-13-9-6-7-11-14(13)15/h6-12,16H,4-5,18H2,1-3H3. The minimum Gasteiger partial charge on any atom is -0.376 e. The summed E-state index contributed by atoms with van der Waals surface area (Å²) in [7, 11) is 1.76. The number of hydrogen-bond donors (Lipinski definition) is 1. The van der Waals surface area contributed by atoms with E-state index in [0.29, 0.717) is 0 Å². The quantitative estimate of drug-likeness (QED) is 0.877. The van der Waals surface area contributed by atoms with Gasteiger partial charge in [0, 0.05) is 7.11 Å². The van der Waals surface area contributed by atoms with Crippen molar-refractivity contribution in [2.75, 3.05) is 7.11 Å². The van der Waals surface area contributed by atoms with E-state index in [-0.39, 0.29) is 11.6 Å². The van der Waals surface area contributed by atoms with E-state index in [1.807, 2.05) is 0 Å².